The highest BCUT2D eigenvalue weighted by molar-refractivity contribution is 7.44. The fraction of sp³-hybridized carbons (Fsp3) is 0.477. The quantitative estimate of drug-likeness (QED) is 0.0473. The number of nitrogens with zero attached hydrogens (tertiary/aromatic N) is 3. The van der Waals surface area contributed by atoms with Gasteiger partial charge in [-0.2, -0.15) is 5.26 Å². The molecule has 58 heavy (non-hydrogen) atoms. The third kappa shape index (κ3) is 10.6. The minimum absolute atomic E-state index is 0.0163. The van der Waals surface area contributed by atoms with Crippen LogP contribution in [0.1, 0.15) is 83.2 Å². The van der Waals surface area contributed by atoms with Crippen molar-refractivity contribution < 1.29 is 32.7 Å². The fourth-order valence-electron chi connectivity index (χ4n) is 7.25. The van der Waals surface area contributed by atoms with Gasteiger partial charge in [-0.3, -0.25) is 14.3 Å². The lowest BCUT2D eigenvalue weighted by Crippen LogP contribution is -2.43. The average molecular weight is 817 g/mol. The van der Waals surface area contributed by atoms with Gasteiger partial charge in [-0.1, -0.05) is 74.4 Å². The van der Waals surface area contributed by atoms with Crippen molar-refractivity contribution in [2.24, 2.45) is 0 Å². The Balaban J connectivity index is 1.67. The standard InChI is InChI=1S/C44H57N4O9P/c1-8-9-13-28-53-41-40(57-58(55-29-14-26-45)48(31(2)3)32(4)5)38(56-42(41)47-27-25-39(49)46-43(47)50)30-54-44(33-15-11-10-12-16-33,34-17-21-36(51-6)22-18-34)35-19-23-37(52-7)24-20-35/h10-12,15-25,27,31-32,38,40-42H,8-9,13-14,28-30H2,1-7H3,(H,46,49,50)/t38-,40-,41-,42-,58?/m1/s1. The maximum atomic E-state index is 13.4. The minimum atomic E-state index is -1.79. The summed E-state index contributed by atoms with van der Waals surface area (Å²) in [5, 5.41) is 9.43. The minimum Gasteiger partial charge on any atom is -0.497 e. The van der Waals surface area contributed by atoms with Gasteiger partial charge in [-0.25, -0.2) is 9.46 Å². The second-order valence-electron chi connectivity index (χ2n) is 14.6. The van der Waals surface area contributed by atoms with Crippen molar-refractivity contribution >= 4 is 8.53 Å². The van der Waals surface area contributed by atoms with Crippen LogP contribution in [0.25, 0.3) is 0 Å². The zero-order valence-corrected chi connectivity index (χ0v) is 35.4. The molecule has 1 saturated heterocycles. The van der Waals surface area contributed by atoms with Crippen LogP contribution in [0.3, 0.4) is 0 Å². The molecule has 3 aromatic carbocycles. The Labute approximate surface area is 342 Å². The van der Waals surface area contributed by atoms with Crippen LogP contribution in [0.15, 0.2) is 101 Å². The van der Waals surface area contributed by atoms with Gasteiger partial charge < -0.3 is 32.7 Å². The van der Waals surface area contributed by atoms with Gasteiger partial charge in [0.2, 0.25) is 0 Å². The monoisotopic (exact) mass is 816 g/mol. The van der Waals surface area contributed by atoms with Crippen LogP contribution >= 0.6 is 8.53 Å². The number of benzene rings is 3. The van der Waals surface area contributed by atoms with Crippen LogP contribution in [0, 0.1) is 11.3 Å². The maximum absolute atomic E-state index is 13.4. The number of aromatic amines is 1. The van der Waals surface area contributed by atoms with E-state index < -0.39 is 49.9 Å². The number of H-pyrrole nitrogens is 1. The molecule has 312 valence electrons. The number of unbranched alkanes of at least 4 members (excludes halogenated alkanes) is 2. The first-order valence-electron chi connectivity index (χ1n) is 19.9. The summed E-state index contributed by atoms with van der Waals surface area (Å²) in [6.07, 6.45) is 0.803. The molecule has 0 aliphatic carbocycles. The number of rotatable bonds is 22. The normalized spacial score (nSPS) is 18.8. The topological polar surface area (TPSA) is 146 Å². The molecule has 1 aliphatic heterocycles. The van der Waals surface area contributed by atoms with Crippen LogP contribution in [0.2, 0.25) is 0 Å². The largest absolute Gasteiger partial charge is 0.497 e. The second kappa shape index (κ2) is 21.6. The van der Waals surface area contributed by atoms with Gasteiger partial charge in [0.1, 0.15) is 35.4 Å². The molecule has 4 aromatic rings. The van der Waals surface area contributed by atoms with E-state index in [4.69, 9.17) is 32.7 Å². The van der Waals surface area contributed by atoms with Crippen LogP contribution in [-0.4, -0.2) is 78.7 Å². The van der Waals surface area contributed by atoms with E-state index in [1.54, 1.807) is 14.2 Å². The smallest absolute Gasteiger partial charge is 0.330 e. The van der Waals surface area contributed by atoms with E-state index in [9.17, 15) is 14.9 Å². The molecular formula is C44H57N4O9P. The molecule has 0 saturated carbocycles. The molecule has 1 fully saturated rings. The summed E-state index contributed by atoms with van der Waals surface area (Å²) in [6, 6.07) is 28.9. The molecule has 5 rings (SSSR count). The SMILES string of the molecule is CCCCCO[C@@H]1[C@H](OP(OCCC#N)N(C(C)C)C(C)C)[C@@H](COC(c2ccccc2)(c2ccc(OC)cc2)c2ccc(OC)cc2)O[C@H]1n1ccc(=O)[nH]c1=O. The van der Waals surface area contributed by atoms with Gasteiger partial charge in [0.15, 0.2) is 6.23 Å². The Morgan fingerprint density at radius 3 is 1.98 bits per heavy atom. The van der Waals surface area contributed by atoms with Crippen molar-refractivity contribution in [3.8, 4) is 17.6 Å². The summed E-state index contributed by atoms with van der Waals surface area (Å²) in [4.78, 5) is 28.1. The Hall–Kier alpha value is -4.38. The summed E-state index contributed by atoms with van der Waals surface area (Å²) in [5.41, 5.74) is 0.150. The zero-order chi connectivity index (χ0) is 41.7. The molecule has 0 spiro atoms. The van der Waals surface area contributed by atoms with E-state index >= 15 is 0 Å². The molecule has 1 aliphatic rings. The highest BCUT2D eigenvalue weighted by Crippen LogP contribution is 2.51. The van der Waals surface area contributed by atoms with Crippen LogP contribution < -0.4 is 20.7 Å². The summed E-state index contributed by atoms with van der Waals surface area (Å²) in [6.45, 7) is 10.9. The Morgan fingerprint density at radius 2 is 1.45 bits per heavy atom. The lowest BCUT2D eigenvalue weighted by molar-refractivity contribution is -0.0977. The molecule has 1 unspecified atom stereocenters. The van der Waals surface area contributed by atoms with Crippen LogP contribution in [0.4, 0.5) is 0 Å². The average Bonchev–Trinajstić information content (AvgIpc) is 3.56. The van der Waals surface area contributed by atoms with E-state index in [2.05, 4.69) is 50.3 Å². The van der Waals surface area contributed by atoms with Gasteiger partial charge in [-0.05, 0) is 75.1 Å². The Bertz CT molecular complexity index is 1950. The molecule has 0 bridgehead atoms. The Morgan fingerprint density at radius 1 is 0.845 bits per heavy atom. The van der Waals surface area contributed by atoms with Gasteiger partial charge in [0.25, 0.3) is 14.1 Å². The van der Waals surface area contributed by atoms with E-state index in [1.165, 1.54) is 16.8 Å². The zero-order valence-electron chi connectivity index (χ0n) is 34.5. The van der Waals surface area contributed by atoms with E-state index in [-0.39, 0.29) is 31.7 Å². The first-order chi connectivity index (χ1) is 28.1. The van der Waals surface area contributed by atoms with Crippen LogP contribution in [-0.2, 0) is 28.9 Å². The summed E-state index contributed by atoms with van der Waals surface area (Å²) >= 11 is 0. The predicted molar refractivity (Wildman–Crippen MR) is 223 cm³/mol. The fourth-order valence-corrected chi connectivity index (χ4v) is 9.02. The number of methoxy groups -OCH3 is 2. The van der Waals surface area contributed by atoms with Gasteiger partial charge in [0, 0.05) is 31.0 Å². The highest BCUT2D eigenvalue weighted by Gasteiger charge is 2.51. The van der Waals surface area contributed by atoms with Crippen molar-refractivity contribution in [2.75, 3.05) is 34.0 Å². The van der Waals surface area contributed by atoms with Crippen molar-refractivity contribution in [3.63, 3.8) is 0 Å². The number of hydrogen-bond donors (Lipinski definition) is 1. The van der Waals surface area contributed by atoms with Crippen molar-refractivity contribution in [2.45, 2.75) is 103 Å². The molecule has 13 nitrogen and oxygen atoms in total. The van der Waals surface area contributed by atoms with Crippen LogP contribution in [0.5, 0.6) is 11.5 Å². The second-order valence-corrected chi connectivity index (χ2v) is 16.0. The highest BCUT2D eigenvalue weighted by atomic mass is 31.2. The summed E-state index contributed by atoms with van der Waals surface area (Å²) in [5.74, 6) is 1.38. The molecule has 14 heteroatoms. The first kappa shape index (κ1) is 44.7. The molecule has 2 heterocycles. The van der Waals surface area contributed by atoms with Crippen molar-refractivity contribution in [1.82, 2.24) is 14.2 Å². The lowest BCUT2D eigenvalue weighted by Gasteiger charge is -2.39. The molecule has 0 radical (unpaired) electrons. The van der Waals surface area contributed by atoms with Crippen molar-refractivity contribution in [1.29, 1.82) is 5.26 Å². The van der Waals surface area contributed by atoms with Gasteiger partial charge in [-0.15, -0.1) is 0 Å². The van der Waals surface area contributed by atoms with Crippen molar-refractivity contribution in [3.05, 3.63) is 129 Å². The third-order valence-corrected chi connectivity index (χ3v) is 12.1. The Kier molecular flexibility index (Phi) is 16.6. The number of nitriles is 1. The summed E-state index contributed by atoms with van der Waals surface area (Å²) < 4.78 is 48.9. The first-order valence-corrected chi connectivity index (χ1v) is 21.0. The lowest BCUT2D eigenvalue weighted by atomic mass is 9.80. The molecule has 5 atom stereocenters. The number of aromatic nitrogens is 2. The van der Waals surface area contributed by atoms with Gasteiger partial charge >= 0.3 is 5.69 Å². The maximum Gasteiger partial charge on any atom is 0.330 e. The predicted octanol–water partition coefficient (Wildman–Crippen LogP) is 7.70. The molecular weight excluding hydrogens is 759 g/mol. The summed E-state index contributed by atoms with van der Waals surface area (Å²) in [7, 11) is 1.46. The van der Waals surface area contributed by atoms with Gasteiger partial charge in [0.05, 0.1) is 39.9 Å². The number of ether oxygens (including phenoxy) is 5. The van der Waals surface area contributed by atoms with E-state index in [0.717, 1.165) is 36.0 Å². The molecule has 1 N–H and O–H groups in total. The molecule has 1 aromatic heterocycles. The number of nitrogens with one attached hydrogen (secondary N) is 1. The number of hydrogen-bond acceptors (Lipinski definition) is 11. The third-order valence-electron chi connectivity index (χ3n) is 9.98. The van der Waals surface area contributed by atoms with E-state index in [1.807, 2.05) is 78.9 Å². The molecule has 0 amide bonds. The van der Waals surface area contributed by atoms with E-state index in [0.29, 0.717) is 18.1 Å².